The Morgan fingerprint density at radius 2 is 1.62 bits per heavy atom. The summed E-state index contributed by atoms with van der Waals surface area (Å²) >= 11 is 0. The molecule has 130 valence electrons. The van der Waals surface area contributed by atoms with E-state index in [-0.39, 0.29) is 6.04 Å². The van der Waals surface area contributed by atoms with Crippen LogP contribution in [-0.2, 0) is 0 Å². The molecule has 1 atom stereocenters. The molecule has 8 heteroatoms. The maximum atomic E-state index is 6.07. The first kappa shape index (κ1) is 18.0. The number of aromatic nitrogens is 4. The molecule has 2 heterocycles. The largest absolute Gasteiger partial charge is 0.354 e. The average Bonchev–Trinajstić information content (AvgIpc) is 2.63. The van der Waals surface area contributed by atoms with E-state index in [9.17, 15) is 0 Å². The zero-order valence-electron chi connectivity index (χ0n) is 13.9. The highest BCUT2D eigenvalue weighted by Gasteiger charge is 2.11. The summed E-state index contributed by atoms with van der Waals surface area (Å²) in [7, 11) is 0. The lowest BCUT2D eigenvalue weighted by Gasteiger charge is -2.24. The Labute approximate surface area is 142 Å². The Hall–Kier alpha value is -2.32. The Balaban J connectivity index is 1.81. The number of anilines is 2. The first-order chi connectivity index (χ1) is 11.8. The SMILES string of the molecule is NCCC(N)CCN(CCCNc1ncccn1)c1ncccn1. The van der Waals surface area contributed by atoms with Crippen molar-refractivity contribution in [2.45, 2.75) is 25.3 Å². The zero-order valence-corrected chi connectivity index (χ0v) is 13.9. The maximum Gasteiger partial charge on any atom is 0.225 e. The molecule has 2 aromatic rings. The summed E-state index contributed by atoms with van der Waals surface area (Å²) in [6, 6.07) is 3.72. The van der Waals surface area contributed by atoms with Crippen LogP contribution in [-0.4, -0.2) is 52.2 Å². The summed E-state index contributed by atoms with van der Waals surface area (Å²) in [4.78, 5) is 19.1. The van der Waals surface area contributed by atoms with E-state index in [0.29, 0.717) is 12.5 Å². The molecule has 5 N–H and O–H groups in total. The van der Waals surface area contributed by atoms with Crippen molar-refractivity contribution in [3.63, 3.8) is 0 Å². The predicted molar refractivity (Wildman–Crippen MR) is 95.6 cm³/mol. The molecule has 24 heavy (non-hydrogen) atoms. The Morgan fingerprint density at radius 3 is 2.29 bits per heavy atom. The van der Waals surface area contributed by atoms with Crippen molar-refractivity contribution in [1.29, 1.82) is 0 Å². The van der Waals surface area contributed by atoms with Crippen LogP contribution in [0.3, 0.4) is 0 Å². The molecule has 2 aromatic heterocycles. The molecular formula is C16H26N8. The van der Waals surface area contributed by atoms with Crippen LogP contribution >= 0.6 is 0 Å². The second-order valence-electron chi connectivity index (χ2n) is 5.51. The molecule has 0 bridgehead atoms. The lowest BCUT2D eigenvalue weighted by Crippen LogP contribution is -2.34. The predicted octanol–water partition coefficient (Wildman–Crippen LogP) is 0.641. The molecule has 2 rings (SSSR count). The first-order valence-electron chi connectivity index (χ1n) is 8.28. The zero-order chi connectivity index (χ0) is 17.0. The van der Waals surface area contributed by atoms with Gasteiger partial charge in [-0.15, -0.1) is 0 Å². The molecular weight excluding hydrogens is 304 g/mol. The summed E-state index contributed by atoms with van der Waals surface area (Å²) in [5, 5.41) is 3.21. The highest BCUT2D eigenvalue weighted by Crippen LogP contribution is 2.08. The Kier molecular flexibility index (Phi) is 7.85. The van der Waals surface area contributed by atoms with E-state index in [4.69, 9.17) is 11.5 Å². The van der Waals surface area contributed by atoms with Gasteiger partial charge in [0, 0.05) is 50.5 Å². The third-order valence-corrected chi connectivity index (χ3v) is 3.60. The molecule has 0 aliphatic carbocycles. The highest BCUT2D eigenvalue weighted by atomic mass is 15.2. The summed E-state index contributed by atoms with van der Waals surface area (Å²) in [5.41, 5.74) is 11.6. The monoisotopic (exact) mass is 330 g/mol. The van der Waals surface area contributed by atoms with E-state index < -0.39 is 0 Å². The van der Waals surface area contributed by atoms with E-state index in [0.717, 1.165) is 44.8 Å². The molecule has 0 aliphatic heterocycles. The van der Waals surface area contributed by atoms with Gasteiger partial charge in [-0.3, -0.25) is 0 Å². The molecule has 0 aromatic carbocycles. The number of nitrogens with two attached hydrogens (primary N) is 2. The van der Waals surface area contributed by atoms with Crippen LogP contribution < -0.4 is 21.7 Å². The van der Waals surface area contributed by atoms with Gasteiger partial charge in [0.05, 0.1) is 0 Å². The van der Waals surface area contributed by atoms with Gasteiger partial charge < -0.3 is 21.7 Å². The average molecular weight is 330 g/mol. The fourth-order valence-electron chi connectivity index (χ4n) is 2.31. The van der Waals surface area contributed by atoms with Gasteiger partial charge in [0.15, 0.2) is 0 Å². The Morgan fingerprint density at radius 1 is 0.958 bits per heavy atom. The minimum atomic E-state index is 0.108. The van der Waals surface area contributed by atoms with Crippen molar-refractivity contribution in [3.05, 3.63) is 36.9 Å². The summed E-state index contributed by atoms with van der Waals surface area (Å²) in [6.07, 6.45) is 9.57. The second kappa shape index (κ2) is 10.5. The number of nitrogens with one attached hydrogen (secondary N) is 1. The van der Waals surface area contributed by atoms with Crippen LogP contribution in [0.15, 0.2) is 36.9 Å². The number of hydrogen-bond acceptors (Lipinski definition) is 8. The standard InChI is InChI=1S/C16H26N8/c17-6-4-14(18)5-13-24(16-22-9-2-10-23-16)12-3-11-21-15-19-7-1-8-20-15/h1-2,7-10,14H,3-6,11-13,17-18H2,(H,19,20,21). The third-order valence-electron chi connectivity index (χ3n) is 3.60. The minimum Gasteiger partial charge on any atom is -0.354 e. The van der Waals surface area contributed by atoms with E-state index in [1.165, 1.54) is 0 Å². The van der Waals surface area contributed by atoms with Gasteiger partial charge in [-0.2, -0.15) is 0 Å². The van der Waals surface area contributed by atoms with E-state index in [1.54, 1.807) is 30.9 Å². The van der Waals surface area contributed by atoms with Crippen LogP contribution in [0.4, 0.5) is 11.9 Å². The summed E-state index contributed by atoms with van der Waals surface area (Å²) in [6.45, 7) is 3.04. The quantitative estimate of drug-likeness (QED) is 0.514. The topological polar surface area (TPSA) is 119 Å². The number of hydrogen-bond donors (Lipinski definition) is 3. The van der Waals surface area contributed by atoms with Crippen molar-refractivity contribution in [1.82, 2.24) is 19.9 Å². The molecule has 0 amide bonds. The van der Waals surface area contributed by atoms with Gasteiger partial charge in [-0.25, -0.2) is 19.9 Å². The van der Waals surface area contributed by atoms with Crippen molar-refractivity contribution in [3.8, 4) is 0 Å². The highest BCUT2D eigenvalue weighted by molar-refractivity contribution is 5.28. The smallest absolute Gasteiger partial charge is 0.225 e. The van der Waals surface area contributed by atoms with Crippen molar-refractivity contribution < 1.29 is 0 Å². The van der Waals surface area contributed by atoms with Crippen molar-refractivity contribution >= 4 is 11.9 Å². The lowest BCUT2D eigenvalue weighted by atomic mass is 10.1. The molecule has 0 saturated carbocycles. The van der Waals surface area contributed by atoms with Crippen LogP contribution in [0.1, 0.15) is 19.3 Å². The molecule has 1 unspecified atom stereocenters. The van der Waals surface area contributed by atoms with Crippen molar-refractivity contribution in [2.24, 2.45) is 11.5 Å². The molecule has 0 fully saturated rings. The molecule has 0 saturated heterocycles. The van der Waals surface area contributed by atoms with Crippen LogP contribution in [0, 0.1) is 0 Å². The number of nitrogens with zero attached hydrogens (tertiary/aromatic N) is 5. The third kappa shape index (κ3) is 6.43. The number of rotatable bonds is 11. The van der Waals surface area contributed by atoms with Gasteiger partial charge in [-0.05, 0) is 37.9 Å². The first-order valence-corrected chi connectivity index (χ1v) is 8.28. The van der Waals surface area contributed by atoms with E-state index in [2.05, 4.69) is 30.2 Å². The lowest BCUT2D eigenvalue weighted by molar-refractivity contribution is 0.559. The van der Waals surface area contributed by atoms with Gasteiger partial charge in [-0.1, -0.05) is 0 Å². The summed E-state index contributed by atoms with van der Waals surface area (Å²) in [5.74, 6) is 1.37. The summed E-state index contributed by atoms with van der Waals surface area (Å²) < 4.78 is 0. The fraction of sp³-hybridized carbons (Fsp3) is 0.500. The van der Waals surface area contributed by atoms with E-state index in [1.807, 2.05) is 6.07 Å². The molecule has 0 spiro atoms. The molecule has 0 radical (unpaired) electrons. The normalized spacial score (nSPS) is 11.9. The van der Waals surface area contributed by atoms with Crippen LogP contribution in [0.25, 0.3) is 0 Å². The van der Waals surface area contributed by atoms with Gasteiger partial charge in [0.2, 0.25) is 11.9 Å². The van der Waals surface area contributed by atoms with Crippen LogP contribution in [0.5, 0.6) is 0 Å². The van der Waals surface area contributed by atoms with E-state index >= 15 is 0 Å². The van der Waals surface area contributed by atoms with Gasteiger partial charge in [0.25, 0.3) is 0 Å². The van der Waals surface area contributed by atoms with Gasteiger partial charge in [0.1, 0.15) is 0 Å². The van der Waals surface area contributed by atoms with Gasteiger partial charge >= 0.3 is 0 Å². The maximum absolute atomic E-state index is 6.07. The fourth-order valence-corrected chi connectivity index (χ4v) is 2.31. The second-order valence-corrected chi connectivity index (χ2v) is 5.51. The molecule has 8 nitrogen and oxygen atoms in total. The van der Waals surface area contributed by atoms with Crippen molar-refractivity contribution in [2.75, 3.05) is 36.4 Å². The molecule has 0 aliphatic rings. The minimum absolute atomic E-state index is 0.108. The van der Waals surface area contributed by atoms with Crippen LogP contribution in [0.2, 0.25) is 0 Å². The Bertz CT molecular complexity index is 551.